The van der Waals surface area contributed by atoms with E-state index in [4.69, 9.17) is 5.11 Å². The second-order valence-electron chi connectivity index (χ2n) is 7.87. The fraction of sp³-hybridized carbons (Fsp3) is 0.500. The number of hydrogen-bond acceptors (Lipinski definition) is 1. The second kappa shape index (κ2) is 7.38. The minimum atomic E-state index is -0.886. The smallest absolute Gasteiger partial charge is 0.328 e. The van der Waals surface area contributed by atoms with E-state index in [1.54, 1.807) is 0 Å². The van der Waals surface area contributed by atoms with Crippen LogP contribution < -0.4 is 0 Å². The molecule has 0 aromatic heterocycles. The first-order valence-corrected chi connectivity index (χ1v) is 8.90. The Morgan fingerprint density at radius 1 is 1.21 bits per heavy atom. The van der Waals surface area contributed by atoms with Crippen LogP contribution >= 0.6 is 0 Å². The van der Waals surface area contributed by atoms with Crippen molar-refractivity contribution in [3.63, 3.8) is 0 Å². The Hall–Kier alpha value is -1.83. The first-order valence-electron chi connectivity index (χ1n) is 8.90. The van der Waals surface area contributed by atoms with Crippen molar-refractivity contribution in [2.45, 2.75) is 66.7 Å². The van der Waals surface area contributed by atoms with Crippen LogP contribution in [0.5, 0.6) is 0 Å². The third-order valence-electron chi connectivity index (χ3n) is 5.22. The Morgan fingerprint density at radius 3 is 2.50 bits per heavy atom. The van der Waals surface area contributed by atoms with E-state index in [1.165, 1.54) is 53.2 Å². The minimum Gasteiger partial charge on any atom is -0.478 e. The maximum atomic E-state index is 10.7. The van der Waals surface area contributed by atoms with Crippen LogP contribution in [0.15, 0.2) is 57.7 Å². The zero-order valence-electron chi connectivity index (χ0n) is 15.7. The van der Waals surface area contributed by atoms with Gasteiger partial charge in [0.25, 0.3) is 0 Å². The highest BCUT2D eigenvalue weighted by Crippen LogP contribution is 2.42. The van der Waals surface area contributed by atoms with Crippen LogP contribution in [0, 0.1) is 5.41 Å². The molecular weight excluding hydrogens is 296 g/mol. The first kappa shape index (κ1) is 18.5. The number of allylic oxidation sites excluding steroid dienone is 9. The van der Waals surface area contributed by atoms with Crippen molar-refractivity contribution in [2.24, 2.45) is 5.41 Å². The highest BCUT2D eigenvalue weighted by molar-refractivity contribution is 5.81. The molecule has 24 heavy (non-hydrogen) atoms. The lowest BCUT2D eigenvalue weighted by atomic mass is 9.71. The summed E-state index contributed by atoms with van der Waals surface area (Å²) < 4.78 is 0. The van der Waals surface area contributed by atoms with Crippen LogP contribution in [-0.2, 0) is 4.79 Å². The van der Waals surface area contributed by atoms with Gasteiger partial charge in [0.1, 0.15) is 0 Å². The van der Waals surface area contributed by atoms with E-state index >= 15 is 0 Å². The molecule has 2 aliphatic carbocycles. The third-order valence-corrected chi connectivity index (χ3v) is 5.22. The molecule has 0 amide bonds. The summed E-state index contributed by atoms with van der Waals surface area (Å²) in [5.41, 5.74) is 8.06. The number of carbonyl (C=O) groups is 1. The Morgan fingerprint density at radius 2 is 1.92 bits per heavy atom. The van der Waals surface area contributed by atoms with Gasteiger partial charge in [0.05, 0.1) is 0 Å². The molecule has 0 radical (unpaired) electrons. The van der Waals surface area contributed by atoms with E-state index < -0.39 is 5.97 Å². The van der Waals surface area contributed by atoms with Crippen molar-refractivity contribution in [3.05, 3.63) is 57.7 Å². The zero-order valence-corrected chi connectivity index (χ0v) is 15.7. The first-order chi connectivity index (χ1) is 11.2. The Balaban J connectivity index is 2.29. The quantitative estimate of drug-likeness (QED) is 0.633. The van der Waals surface area contributed by atoms with Gasteiger partial charge in [0, 0.05) is 6.08 Å². The molecule has 0 spiro atoms. The molecule has 0 unspecified atom stereocenters. The summed E-state index contributed by atoms with van der Waals surface area (Å²) >= 11 is 0. The van der Waals surface area contributed by atoms with E-state index in [1.807, 2.05) is 13.0 Å². The van der Waals surface area contributed by atoms with Crippen LogP contribution in [0.3, 0.4) is 0 Å². The normalized spacial score (nSPS) is 25.2. The zero-order chi connectivity index (χ0) is 17.9. The second-order valence-corrected chi connectivity index (χ2v) is 7.87. The molecule has 0 saturated carbocycles. The van der Waals surface area contributed by atoms with Gasteiger partial charge in [-0.3, -0.25) is 0 Å². The van der Waals surface area contributed by atoms with Gasteiger partial charge in [-0.15, -0.1) is 0 Å². The summed E-state index contributed by atoms with van der Waals surface area (Å²) in [6.45, 7) is 11.0. The van der Waals surface area contributed by atoms with Crippen molar-refractivity contribution in [2.75, 3.05) is 0 Å². The van der Waals surface area contributed by atoms with Gasteiger partial charge < -0.3 is 5.11 Å². The van der Waals surface area contributed by atoms with Crippen molar-refractivity contribution < 1.29 is 9.90 Å². The molecule has 0 atom stereocenters. The fourth-order valence-electron chi connectivity index (χ4n) is 3.88. The summed E-state index contributed by atoms with van der Waals surface area (Å²) in [5, 5.41) is 8.83. The predicted molar refractivity (Wildman–Crippen MR) is 101 cm³/mol. The number of rotatable bonds is 3. The van der Waals surface area contributed by atoms with Gasteiger partial charge >= 0.3 is 5.97 Å². The largest absolute Gasteiger partial charge is 0.478 e. The highest BCUT2D eigenvalue weighted by Gasteiger charge is 2.27. The SMILES string of the molecule is CC1=CC(=C/C(C)=C/C(=O)O)/CC/C1=C\C1=C(C)CCCC1(C)C. The lowest BCUT2D eigenvalue weighted by Gasteiger charge is -2.34. The van der Waals surface area contributed by atoms with Crippen molar-refractivity contribution in [3.8, 4) is 0 Å². The maximum absolute atomic E-state index is 10.7. The fourth-order valence-corrected chi connectivity index (χ4v) is 3.88. The van der Waals surface area contributed by atoms with Crippen molar-refractivity contribution >= 4 is 5.97 Å². The van der Waals surface area contributed by atoms with E-state index in [0.29, 0.717) is 0 Å². The summed E-state index contributed by atoms with van der Waals surface area (Å²) in [6, 6.07) is 0. The molecule has 1 N–H and O–H groups in total. The van der Waals surface area contributed by atoms with Crippen LogP contribution in [0.1, 0.15) is 66.7 Å². The van der Waals surface area contributed by atoms with Crippen LogP contribution in [-0.4, -0.2) is 11.1 Å². The molecule has 2 aliphatic rings. The molecule has 0 aliphatic heterocycles. The number of aliphatic carboxylic acids is 1. The standard InChI is InChI=1S/C22H30O2/c1-15(12-21(23)24)11-18-8-9-19(17(3)13-18)14-20-16(2)7-6-10-22(20,4)5/h11-14H,6-10H2,1-5H3,(H,23,24)/b15-12+,18-11+,19-14+. The molecule has 0 saturated heterocycles. The molecule has 2 rings (SSSR count). The monoisotopic (exact) mass is 326 g/mol. The summed E-state index contributed by atoms with van der Waals surface area (Å²) in [7, 11) is 0. The molecule has 0 fully saturated rings. The van der Waals surface area contributed by atoms with Crippen molar-refractivity contribution in [1.29, 1.82) is 0 Å². The van der Waals surface area contributed by atoms with Gasteiger partial charge in [-0.2, -0.15) is 0 Å². The number of carboxylic acids is 1. The third kappa shape index (κ3) is 4.59. The lowest BCUT2D eigenvalue weighted by molar-refractivity contribution is -0.131. The van der Waals surface area contributed by atoms with E-state index in [-0.39, 0.29) is 5.41 Å². The summed E-state index contributed by atoms with van der Waals surface area (Å²) in [5.74, 6) is -0.886. The molecule has 2 heteroatoms. The van der Waals surface area contributed by atoms with Gasteiger partial charge in [-0.25, -0.2) is 4.79 Å². The van der Waals surface area contributed by atoms with E-state index in [9.17, 15) is 4.79 Å². The molecule has 0 heterocycles. The molecule has 2 nitrogen and oxygen atoms in total. The summed E-state index contributed by atoms with van der Waals surface area (Å²) in [4.78, 5) is 10.7. The number of hydrogen-bond donors (Lipinski definition) is 1. The van der Waals surface area contributed by atoms with Gasteiger partial charge in [0.2, 0.25) is 0 Å². The van der Waals surface area contributed by atoms with Gasteiger partial charge in [0.15, 0.2) is 0 Å². The highest BCUT2D eigenvalue weighted by atomic mass is 16.4. The topological polar surface area (TPSA) is 37.3 Å². The Kier molecular flexibility index (Phi) is 5.69. The van der Waals surface area contributed by atoms with Crippen LogP contribution in [0.2, 0.25) is 0 Å². The Labute approximate surface area is 146 Å². The minimum absolute atomic E-state index is 0.270. The molecule has 0 aromatic carbocycles. The average Bonchev–Trinajstić information content (AvgIpc) is 2.43. The maximum Gasteiger partial charge on any atom is 0.328 e. The summed E-state index contributed by atoms with van der Waals surface area (Å²) in [6.07, 6.45) is 13.7. The molecule has 0 bridgehead atoms. The van der Waals surface area contributed by atoms with E-state index in [2.05, 4.69) is 39.8 Å². The van der Waals surface area contributed by atoms with Crippen LogP contribution in [0.25, 0.3) is 0 Å². The average molecular weight is 326 g/mol. The van der Waals surface area contributed by atoms with Gasteiger partial charge in [-0.1, -0.05) is 37.6 Å². The molecule has 130 valence electrons. The lowest BCUT2D eigenvalue weighted by Crippen LogP contribution is -2.19. The predicted octanol–water partition coefficient (Wildman–Crippen LogP) is 6.14. The van der Waals surface area contributed by atoms with Gasteiger partial charge in [-0.05, 0) is 86.2 Å². The van der Waals surface area contributed by atoms with Crippen molar-refractivity contribution in [1.82, 2.24) is 0 Å². The molecule has 0 aromatic rings. The van der Waals surface area contributed by atoms with E-state index in [0.717, 1.165) is 18.4 Å². The van der Waals surface area contributed by atoms with Crippen LogP contribution in [0.4, 0.5) is 0 Å². The Bertz CT molecular complexity index is 679. The molecular formula is C22H30O2. The number of carboxylic acid groups (broad SMARTS) is 1.